The number of rotatable bonds is 14. The van der Waals surface area contributed by atoms with Crippen molar-refractivity contribution in [2.24, 2.45) is 11.8 Å². The van der Waals surface area contributed by atoms with Crippen LogP contribution < -0.4 is 20.1 Å². The van der Waals surface area contributed by atoms with Gasteiger partial charge in [0.1, 0.15) is 11.3 Å². The Kier molecular flexibility index (Phi) is 12.1. The average molecular weight is 786 g/mol. The molecule has 5 rings (SSSR count). The fourth-order valence-electron chi connectivity index (χ4n) is 7.51. The summed E-state index contributed by atoms with van der Waals surface area (Å²) < 4.78 is 41.5. The van der Waals surface area contributed by atoms with Gasteiger partial charge in [0, 0.05) is 22.6 Å². The Labute approximate surface area is 325 Å². The molecule has 3 aliphatic rings. The Morgan fingerprint density at radius 2 is 1.67 bits per heavy atom. The minimum atomic E-state index is -2.95. The highest BCUT2D eigenvalue weighted by molar-refractivity contribution is 6.74. The predicted molar refractivity (Wildman–Crippen MR) is 210 cm³/mol. The van der Waals surface area contributed by atoms with Gasteiger partial charge in [-0.25, -0.2) is 0 Å². The summed E-state index contributed by atoms with van der Waals surface area (Å²) in [6, 6.07) is -0.655. The molecule has 2 aromatic heterocycles. The lowest BCUT2D eigenvalue weighted by Gasteiger charge is -2.55. The van der Waals surface area contributed by atoms with Crippen molar-refractivity contribution >= 4 is 37.4 Å². The SMILES string of the molecule is CCCCOc1noc2c1C(=O)[C@@]1(O[Si](C)(C)C(C)(C)C)C(=O)C3=C(O)c4c(c(F)nc(NC(=O)CNC(C)(C)C)c4OCCCC)C[C@H]3C[C@H]1[C@@H]2N(C)C. The molecule has 1 amide bonds. The van der Waals surface area contributed by atoms with Crippen molar-refractivity contribution < 1.29 is 42.3 Å². The minimum absolute atomic E-state index is 0.000149. The van der Waals surface area contributed by atoms with Crippen molar-refractivity contribution in [2.75, 3.05) is 39.2 Å². The number of amides is 1. The molecule has 2 aromatic rings. The number of nitrogens with one attached hydrogen (secondary N) is 2. The van der Waals surface area contributed by atoms with Crippen LogP contribution in [0, 0.1) is 17.8 Å². The van der Waals surface area contributed by atoms with Gasteiger partial charge in [0.15, 0.2) is 31.2 Å². The van der Waals surface area contributed by atoms with Crippen LogP contribution in [0.2, 0.25) is 18.1 Å². The maximum atomic E-state index is 16.2. The van der Waals surface area contributed by atoms with Gasteiger partial charge in [0.05, 0.1) is 31.4 Å². The van der Waals surface area contributed by atoms with Gasteiger partial charge in [0.25, 0.3) is 5.88 Å². The molecule has 15 heteroatoms. The molecular formula is C40H60FN5O8Si. The third-order valence-electron chi connectivity index (χ3n) is 11.4. The van der Waals surface area contributed by atoms with Crippen molar-refractivity contribution in [2.45, 2.75) is 129 Å². The molecular weight excluding hydrogens is 726 g/mol. The van der Waals surface area contributed by atoms with Crippen molar-refractivity contribution in [3.63, 3.8) is 0 Å². The molecule has 1 fully saturated rings. The molecule has 55 heavy (non-hydrogen) atoms. The van der Waals surface area contributed by atoms with E-state index in [9.17, 15) is 9.90 Å². The van der Waals surface area contributed by atoms with E-state index in [1.54, 1.807) is 0 Å². The van der Waals surface area contributed by atoms with E-state index in [1.807, 2.05) is 87.5 Å². The monoisotopic (exact) mass is 785 g/mol. The lowest BCUT2D eigenvalue weighted by Crippen LogP contribution is -2.68. The maximum absolute atomic E-state index is 16.2. The standard InChI is InChI=1S/C40H60FN5O8Si/c1-13-15-17-51-32-27-23(35(41)44-36(32)43-25(47)21-42-38(3,4)5)19-22-20-24-29(46(9)10)31-28(37(45-53-31)52-18-16-14-2)34(50)40(24,33(49)26(22)30(27)48)54-55(11,12)39(6,7)8/h22,24,29,42,48H,13-21H2,1-12H3,(H,43,44,47)/t22-,24-,29-,40-/m0/s1. The molecule has 0 aromatic carbocycles. The number of ether oxygens (including phenoxy) is 2. The Morgan fingerprint density at radius 3 is 2.25 bits per heavy atom. The zero-order valence-corrected chi connectivity index (χ0v) is 35.6. The minimum Gasteiger partial charge on any atom is -0.507 e. The topological polar surface area (TPSA) is 165 Å². The predicted octanol–water partition coefficient (Wildman–Crippen LogP) is 7.18. The van der Waals surface area contributed by atoms with Crippen LogP contribution in [0.1, 0.15) is 121 Å². The lowest BCUT2D eigenvalue weighted by molar-refractivity contribution is -0.140. The van der Waals surface area contributed by atoms with Crippen molar-refractivity contribution in [3.05, 3.63) is 34.0 Å². The van der Waals surface area contributed by atoms with Gasteiger partial charge < -0.3 is 34.2 Å². The summed E-state index contributed by atoms with van der Waals surface area (Å²) in [6.45, 7) is 20.1. The summed E-state index contributed by atoms with van der Waals surface area (Å²) in [7, 11) is 0.717. The first-order valence-electron chi connectivity index (χ1n) is 19.5. The summed E-state index contributed by atoms with van der Waals surface area (Å²) in [5.41, 5.74) is -2.46. The Morgan fingerprint density at radius 1 is 1.04 bits per heavy atom. The number of hydrogen-bond acceptors (Lipinski definition) is 12. The second-order valence-electron chi connectivity index (χ2n) is 17.9. The number of nitrogens with zero attached hydrogens (tertiary/aromatic N) is 3. The van der Waals surface area contributed by atoms with E-state index in [4.69, 9.17) is 18.4 Å². The van der Waals surface area contributed by atoms with E-state index >= 15 is 14.0 Å². The number of aliphatic hydroxyl groups excluding tert-OH is 1. The summed E-state index contributed by atoms with van der Waals surface area (Å²) in [5, 5.41) is 21.9. The first kappa shape index (κ1) is 42.5. The molecule has 0 saturated heterocycles. The van der Waals surface area contributed by atoms with Crippen LogP contribution in [-0.4, -0.2) is 90.9 Å². The fourth-order valence-corrected chi connectivity index (χ4v) is 8.96. The zero-order valence-electron chi connectivity index (χ0n) is 34.6. The Balaban J connectivity index is 1.74. The van der Waals surface area contributed by atoms with Crippen LogP contribution in [0.25, 0.3) is 5.76 Å². The third-order valence-corrected chi connectivity index (χ3v) is 15.8. The normalized spacial score (nSPS) is 22.6. The van der Waals surface area contributed by atoms with Crippen LogP contribution in [0.4, 0.5) is 10.2 Å². The molecule has 4 atom stereocenters. The molecule has 0 bridgehead atoms. The van der Waals surface area contributed by atoms with Gasteiger partial charge >= 0.3 is 0 Å². The molecule has 0 unspecified atom stereocenters. The van der Waals surface area contributed by atoms with Crippen LogP contribution in [0.3, 0.4) is 0 Å². The van der Waals surface area contributed by atoms with Gasteiger partial charge in [-0.15, -0.1) is 0 Å². The Bertz CT molecular complexity index is 1840. The van der Waals surface area contributed by atoms with Crippen molar-refractivity contribution in [3.8, 4) is 11.6 Å². The smallest absolute Gasteiger partial charge is 0.265 e. The molecule has 0 spiro atoms. The number of ketones is 2. The number of Topliss-reactive ketones (excluding diaryl/α,β-unsaturated/α-hetero) is 2. The number of pyridine rings is 1. The number of unbranched alkanes of at least 4 members (excludes halogenated alkanes) is 2. The number of aromatic nitrogens is 2. The van der Waals surface area contributed by atoms with Gasteiger partial charge in [0.2, 0.25) is 23.4 Å². The van der Waals surface area contributed by atoms with Crippen LogP contribution >= 0.6 is 0 Å². The van der Waals surface area contributed by atoms with E-state index in [1.165, 1.54) is 0 Å². The van der Waals surface area contributed by atoms with Crippen molar-refractivity contribution in [1.29, 1.82) is 0 Å². The van der Waals surface area contributed by atoms with Crippen LogP contribution in [-0.2, 0) is 20.4 Å². The average Bonchev–Trinajstić information content (AvgIpc) is 3.49. The number of aliphatic hydroxyl groups is 1. The van der Waals surface area contributed by atoms with E-state index in [0.717, 1.165) is 12.8 Å². The van der Waals surface area contributed by atoms with E-state index < -0.39 is 66.0 Å². The molecule has 3 N–H and O–H groups in total. The number of halogens is 1. The molecule has 0 aliphatic heterocycles. The molecule has 2 heterocycles. The van der Waals surface area contributed by atoms with E-state index in [-0.39, 0.29) is 77.0 Å². The quantitative estimate of drug-likeness (QED) is 0.0766. The largest absolute Gasteiger partial charge is 0.507 e. The number of fused-ring (bicyclic) bond motifs is 4. The highest BCUT2D eigenvalue weighted by Crippen LogP contribution is 2.59. The van der Waals surface area contributed by atoms with Gasteiger partial charge in [-0.2, -0.15) is 9.37 Å². The number of carbonyl (C=O) groups is 3. The molecule has 1 saturated carbocycles. The van der Waals surface area contributed by atoms with Gasteiger partial charge in [-0.1, -0.05) is 47.5 Å². The fraction of sp³-hybridized carbons (Fsp3) is 0.675. The lowest BCUT2D eigenvalue weighted by atomic mass is 9.57. The second kappa shape index (κ2) is 15.7. The number of anilines is 1. The highest BCUT2D eigenvalue weighted by Gasteiger charge is 2.69. The summed E-state index contributed by atoms with van der Waals surface area (Å²) >= 11 is 0. The van der Waals surface area contributed by atoms with E-state index in [0.29, 0.717) is 19.4 Å². The highest BCUT2D eigenvalue weighted by atomic mass is 28.4. The van der Waals surface area contributed by atoms with Crippen LogP contribution in [0.15, 0.2) is 10.1 Å². The first-order valence-corrected chi connectivity index (χ1v) is 22.4. The summed E-state index contributed by atoms with van der Waals surface area (Å²) in [5.74, 6) is -4.72. The number of hydrogen-bond donors (Lipinski definition) is 3. The zero-order chi connectivity index (χ0) is 40.8. The number of carbonyl (C=O) groups excluding carboxylic acids is 3. The van der Waals surface area contributed by atoms with Crippen LogP contribution in [0.5, 0.6) is 11.6 Å². The molecule has 3 aliphatic carbocycles. The van der Waals surface area contributed by atoms with Crippen molar-refractivity contribution in [1.82, 2.24) is 20.4 Å². The molecule has 0 radical (unpaired) electrons. The first-order chi connectivity index (χ1) is 25.6. The van der Waals surface area contributed by atoms with E-state index in [2.05, 4.69) is 20.8 Å². The third kappa shape index (κ3) is 7.86. The van der Waals surface area contributed by atoms with Gasteiger partial charge in [-0.3, -0.25) is 19.3 Å². The second-order valence-corrected chi connectivity index (χ2v) is 22.6. The molecule has 13 nitrogen and oxygen atoms in total. The maximum Gasteiger partial charge on any atom is 0.265 e. The van der Waals surface area contributed by atoms with Gasteiger partial charge in [-0.05, 0) is 89.8 Å². The summed E-state index contributed by atoms with van der Waals surface area (Å²) in [6.07, 6.45) is 3.12. The Hall–Kier alpha value is -3.66. The summed E-state index contributed by atoms with van der Waals surface area (Å²) in [4.78, 5) is 50.1. The molecule has 304 valence electrons.